The first kappa shape index (κ1) is 19.3. The third-order valence-electron chi connectivity index (χ3n) is 4.52. The van der Waals surface area contributed by atoms with E-state index in [0.717, 1.165) is 28.4 Å². The molecule has 6 nitrogen and oxygen atoms in total. The molecule has 0 spiro atoms. The van der Waals surface area contributed by atoms with E-state index in [4.69, 9.17) is 14.5 Å². The predicted molar refractivity (Wildman–Crippen MR) is 120 cm³/mol. The van der Waals surface area contributed by atoms with Crippen LogP contribution < -0.4 is 20.1 Å². The Labute approximate surface area is 175 Å². The second-order valence-corrected chi connectivity index (χ2v) is 6.48. The van der Waals surface area contributed by atoms with Crippen molar-refractivity contribution in [2.24, 2.45) is 0 Å². The molecule has 150 valence electrons. The summed E-state index contributed by atoms with van der Waals surface area (Å²) in [4.78, 5) is 9.37. The lowest BCUT2D eigenvalue weighted by Gasteiger charge is -2.14. The van der Waals surface area contributed by atoms with E-state index in [-0.39, 0.29) is 0 Å². The van der Waals surface area contributed by atoms with Crippen molar-refractivity contribution in [3.05, 3.63) is 84.9 Å². The summed E-state index contributed by atoms with van der Waals surface area (Å²) in [5.41, 5.74) is 3.39. The van der Waals surface area contributed by atoms with E-state index in [0.29, 0.717) is 17.5 Å². The van der Waals surface area contributed by atoms with Crippen LogP contribution in [0, 0.1) is 0 Å². The third-order valence-corrected chi connectivity index (χ3v) is 4.52. The monoisotopic (exact) mass is 398 g/mol. The number of hydrogen-bond donors (Lipinski definition) is 2. The van der Waals surface area contributed by atoms with Crippen LogP contribution in [0.5, 0.6) is 11.5 Å². The molecule has 1 heterocycles. The summed E-state index contributed by atoms with van der Waals surface area (Å²) in [6.45, 7) is 0. The lowest BCUT2D eigenvalue weighted by molar-refractivity contribution is 0.417. The summed E-state index contributed by atoms with van der Waals surface area (Å²) in [5, 5.41) is 6.61. The number of ether oxygens (including phenoxy) is 2. The minimum atomic E-state index is 0.457. The maximum absolute atomic E-state index is 5.45. The van der Waals surface area contributed by atoms with E-state index in [9.17, 15) is 0 Å². The molecule has 0 unspecified atom stereocenters. The van der Waals surface area contributed by atoms with Gasteiger partial charge in [0, 0.05) is 11.6 Å². The molecule has 3 aromatic carbocycles. The Morgan fingerprint density at radius 1 is 0.633 bits per heavy atom. The van der Waals surface area contributed by atoms with E-state index in [1.54, 1.807) is 14.2 Å². The van der Waals surface area contributed by atoms with Gasteiger partial charge in [-0.05, 0) is 24.3 Å². The first-order valence-electron chi connectivity index (χ1n) is 9.51. The smallest absolute Gasteiger partial charge is 0.229 e. The topological polar surface area (TPSA) is 68.3 Å². The molecule has 0 amide bonds. The van der Waals surface area contributed by atoms with Crippen LogP contribution in [-0.4, -0.2) is 24.2 Å². The summed E-state index contributed by atoms with van der Waals surface area (Å²) >= 11 is 0. The van der Waals surface area contributed by atoms with Gasteiger partial charge in [0.15, 0.2) is 0 Å². The Balaban J connectivity index is 1.75. The molecular weight excluding hydrogens is 376 g/mol. The summed E-state index contributed by atoms with van der Waals surface area (Å²) in [6.07, 6.45) is 0. The molecule has 4 aromatic rings. The highest BCUT2D eigenvalue weighted by molar-refractivity contribution is 5.71. The van der Waals surface area contributed by atoms with Crippen LogP contribution in [0.25, 0.3) is 11.3 Å². The molecule has 0 fully saturated rings. The van der Waals surface area contributed by atoms with Crippen molar-refractivity contribution >= 4 is 23.1 Å². The fourth-order valence-corrected chi connectivity index (χ4v) is 3.08. The largest absolute Gasteiger partial charge is 0.495 e. The summed E-state index contributed by atoms with van der Waals surface area (Å²) < 4.78 is 10.9. The van der Waals surface area contributed by atoms with Gasteiger partial charge < -0.3 is 20.1 Å². The molecule has 0 bridgehead atoms. The maximum atomic E-state index is 5.45. The number of nitrogens with one attached hydrogen (secondary N) is 2. The van der Waals surface area contributed by atoms with Gasteiger partial charge in [-0.25, -0.2) is 4.98 Å². The zero-order chi connectivity index (χ0) is 20.8. The van der Waals surface area contributed by atoms with Crippen molar-refractivity contribution in [2.75, 3.05) is 24.9 Å². The van der Waals surface area contributed by atoms with Gasteiger partial charge in [-0.3, -0.25) is 0 Å². The molecule has 0 radical (unpaired) electrons. The van der Waals surface area contributed by atoms with Crippen LogP contribution in [0.4, 0.5) is 23.1 Å². The Bertz CT molecular complexity index is 1070. The van der Waals surface area contributed by atoms with Crippen molar-refractivity contribution in [3.8, 4) is 22.8 Å². The van der Waals surface area contributed by atoms with Crippen molar-refractivity contribution < 1.29 is 9.47 Å². The van der Waals surface area contributed by atoms with Crippen LogP contribution in [-0.2, 0) is 0 Å². The Hall–Kier alpha value is -4.06. The second kappa shape index (κ2) is 8.96. The highest BCUT2D eigenvalue weighted by Crippen LogP contribution is 2.31. The van der Waals surface area contributed by atoms with Gasteiger partial charge in [0.2, 0.25) is 5.95 Å². The Kier molecular flexibility index (Phi) is 5.75. The number of hydrogen-bond acceptors (Lipinski definition) is 6. The maximum Gasteiger partial charge on any atom is 0.229 e. The quantitative estimate of drug-likeness (QED) is 0.419. The average Bonchev–Trinajstić information content (AvgIpc) is 2.80. The minimum Gasteiger partial charge on any atom is -0.495 e. The molecule has 0 aliphatic carbocycles. The van der Waals surface area contributed by atoms with Gasteiger partial charge in [0.05, 0.1) is 31.3 Å². The van der Waals surface area contributed by atoms with E-state index in [1.807, 2.05) is 84.9 Å². The molecule has 30 heavy (non-hydrogen) atoms. The zero-order valence-corrected chi connectivity index (χ0v) is 16.8. The Morgan fingerprint density at radius 3 is 1.83 bits per heavy atom. The van der Waals surface area contributed by atoms with Crippen LogP contribution in [0.15, 0.2) is 84.9 Å². The minimum absolute atomic E-state index is 0.457. The standard InChI is InChI=1S/C24H22N4O2/c1-29-21-14-8-6-12-18(21)25-23-16-20(17-10-4-3-5-11-17)27-24(28-23)26-19-13-7-9-15-22(19)30-2/h3-16H,1-2H3,(H2,25,26,27,28). The molecule has 0 aliphatic heterocycles. The molecule has 0 atom stereocenters. The second-order valence-electron chi connectivity index (χ2n) is 6.48. The van der Waals surface area contributed by atoms with Gasteiger partial charge in [0.25, 0.3) is 0 Å². The number of rotatable bonds is 7. The lowest BCUT2D eigenvalue weighted by Crippen LogP contribution is -2.04. The first-order valence-corrected chi connectivity index (χ1v) is 9.51. The van der Waals surface area contributed by atoms with Crippen LogP contribution >= 0.6 is 0 Å². The summed E-state index contributed by atoms with van der Waals surface area (Å²) in [5.74, 6) is 2.55. The average molecular weight is 398 g/mol. The molecule has 2 N–H and O–H groups in total. The predicted octanol–water partition coefficient (Wildman–Crippen LogP) is 5.65. The van der Waals surface area contributed by atoms with E-state index < -0.39 is 0 Å². The SMILES string of the molecule is COc1ccccc1Nc1cc(-c2ccccc2)nc(Nc2ccccc2OC)n1. The van der Waals surface area contributed by atoms with Gasteiger partial charge in [-0.15, -0.1) is 0 Å². The van der Waals surface area contributed by atoms with E-state index in [2.05, 4.69) is 15.6 Å². The highest BCUT2D eigenvalue weighted by atomic mass is 16.5. The third kappa shape index (κ3) is 4.33. The van der Waals surface area contributed by atoms with Gasteiger partial charge >= 0.3 is 0 Å². The summed E-state index contributed by atoms with van der Waals surface area (Å²) in [7, 11) is 3.28. The van der Waals surface area contributed by atoms with Crippen LogP contribution in [0.1, 0.15) is 0 Å². The van der Waals surface area contributed by atoms with Crippen LogP contribution in [0.3, 0.4) is 0 Å². The van der Waals surface area contributed by atoms with Gasteiger partial charge in [0.1, 0.15) is 17.3 Å². The first-order chi connectivity index (χ1) is 14.8. The van der Waals surface area contributed by atoms with E-state index >= 15 is 0 Å². The van der Waals surface area contributed by atoms with E-state index in [1.165, 1.54) is 0 Å². The fourth-order valence-electron chi connectivity index (χ4n) is 3.08. The van der Waals surface area contributed by atoms with Crippen molar-refractivity contribution in [1.82, 2.24) is 9.97 Å². The molecule has 0 saturated heterocycles. The highest BCUT2D eigenvalue weighted by Gasteiger charge is 2.11. The van der Waals surface area contributed by atoms with Gasteiger partial charge in [-0.2, -0.15) is 4.98 Å². The fraction of sp³-hybridized carbons (Fsp3) is 0.0833. The molecule has 1 aromatic heterocycles. The normalized spacial score (nSPS) is 10.3. The van der Waals surface area contributed by atoms with Crippen molar-refractivity contribution in [3.63, 3.8) is 0 Å². The number of para-hydroxylation sites is 4. The molecular formula is C24H22N4O2. The molecule has 6 heteroatoms. The number of methoxy groups -OCH3 is 2. The van der Waals surface area contributed by atoms with Crippen LogP contribution in [0.2, 0.25) is 0 Å². The number of nitrogens with zero attached hydrogens (tertiary/aromatic N) is 2. The van der Waals surface area contributed by atoms with Crippen molar-refractivity contribution in [2.45, 2.75) is 0 Å². The molecule has 4 rings (SSSR count). The number of benzene rings is 3. The van der Waals surface area contributed by atoms with Gasteiger partial charge in [-0.1, -0.05) is 54.6 Å². The number of aromatic nitrogens is 2. The molecule has 0 aliphatic rings. The zero-order valence-electron chi connectivity index (χ0n) is 16.8. The molecule has 0 saturated carbocycles. The lowest BCUT2D eigenvalue weighted by atomic mass is 10.1. The van der Waals surface area contributed by atoms with Crippen molar-refractivity contribution in [1.29, 1.82) is 0 Å². The number of anilines is 4. The Morgan fingerprint density at radius 2 is 1.20 bits per heavy atom. The summed E-state index contributed by atoms with van der Waals surface area (Å²) in [6, 6.07) is 27.3.